The Bertz CT molecular complexity index is 799. The Labute approximate surface area is 187 Å². The molecule has 8 atom stereocenters. The fourth-order valence-electron chi connectivity index (χ4n) is 7.91. The van der Waals surface area contributed by atoms with E-state index in [1.54, 1.807) is 6.08 Å². The van der Waals surface area contributed by atoms with Crippen LogP contribution in [0.2, 0.25) is 0 Å². The Kier molecular flexibility index (Phi) is 5.64. The minimum Gasteiger partial charge on any atom is -0.393 e. The molecule has 174 valence electrons. The van der Waals surface area contributed by atoms with E-state index in [0.717, 1.165) is 31.3 Å². The first-order valence-corrected chi connectivity index (χ1v) is 12.4. The van der Waals surface area contributed by atoms with Crippen molar-refractivity contribution in [3.05, 3.63) is 23.8 Å². The highest BCUT2D eigenvalue weighted by Crippen LogP contribution is 2.68. The molecule has 0 aromatic carbocycles. The van der Waals surface area contributed by atoms with Gasteiger partial charge in [0, 0.05) is 11.8 Å². The molecule has 0 radical (unpaired) electrons. The van der Waals surface area contributed by atoms with E-state index in [1.807, 2.05) is 6.92 Å². The number of hydrogen-bond donors (Lipinski definition) is 3. The van der Waals surface area contributed by atoms with Crippen LogP contribution in [-0.4, -0.2) is 38.4 Å². The van der Waals surface area contributed by atoms with E-state index in [2.05, 4.69) is 39.8 Å². The van der Waals surface area contributed by atoms with Gasteiger partial charge in [0.05, 0.1) is 11.7 Å². The summed E-state index contributed by atoms with van der Waals surface area (Å²) in [5.74, 6) is 1.52. The molecule has 0 heterocycles. The SMILES string of the molecule is CC(C)C/C=C/[C@@H](C)[C@H]1CC[C@H]2C3=CC(=O)[C@@]4(O)C[C@@H](O)CC[C@]4(C)[C@@]3(O)CC[C@]12C. The summed E-state index contributed by atoms with van der Waals surface area (Å²) >= 11 is 0. The van der Waals surface area contributed by atoms with Crippen LogP contribution < -0.4 is 0 Å². The van der Waals surface area contributed by atoms with Crippen molar-refractivity contribution in [1.29, 1.82) is 0 Å². The number of carbonyl (C=O) groups excluding carboxylic acids is 1. The molecule has 3 N–H and O–H groups in total. The normalized spacial score (nSPS) is 48.4. The van der Waals surface area contributed by atoms with Crippen LogP contribution in [0.15, 0.2) is 23.8 Å². The Morgan fingerprint density at radius 1 is 1.06 bits per heavy atom. The molecule has 0 bridgehead atoms. The molecular formula is C27H42O4. The van der Waals surface area contributed by atoms with Gasteiger partial charge in [-0.1, -0.05) is 46.8 Å². The summed E-state index contributed by atoms with van der Waals surface area (Å²) in [6, 6.07) is 0. The Morgan fingerprint density at radius 2 is 1.77 bits per heavy atom. The fraction of sp³-hybridized carbons (Fsp3) is 0.815. The van der Waals surface area contributed by atoms with E-state index >= 15 is 0 Å². The highest BCUT2D eigenvalue weighted by atomic mass is 16.3. The van der Waals surface area contributed by atoms with Gasteiger partial charge in [-0.15, -0.1) is 0 Å². The fourth-order valence-corrected chi connectivity index (χ4v) is 7.91. The van der Waals surface area contributed by atoms with Crippen molar-refractivity contribution in [2.45, 2.75) is 103 Å². The van der Waals surface area contributed by atoms with Crippen LogP contribution >= 0.6 is 0 Å². The molecule has 0 aliphatic heterocycles. The van der Waals surface area contributed by atoms with Crippen LogP contribution in [0.4, 0.5) is 0 Å². The van der Waals surface area contributed by atoms with Crippen molar-refractivity contribution >= 4 is 5.78 Å². The minimum absolute atomic E-state index is 0.0245. The first-order valence-electron chi connectivity index (χ1n) is 12.4. The molecule has 4 aliphatic rings. The molecule has 0 aromatic rings. The van der Waals surface area contributed by atoms with Gasteiger partial charge in [0.1, 0.15) is 5.60 Å². The van der Waals surface area contributed by atoms with E-state index in [1.165, 1.54) is 0 Å². The third-order valence-electron chi connectivity index (χ3n) is 10.00. The van der Waals surface area contributed by atoms with Crippen molar-refractivity contribution in [3.8, 4) is 0 Å². The molecular weight excluding hydrogens is 388 g/mol. The zero-order valence-electron chi connectivity index (χ0n) is 20.0. The lowest BCUT2D eigenvalue weighted by molar-refractivity contribution is -0.223. The predicted octanol–water partition coefficient (Wildman–Crippen LogP) is 4.57. The smallest absolute Gasteiger partial charge is 0.188 e. The van der Waals surface area contributed by atoms with Crippen molar-refractivity contribution in [3.63, 3.8) is 0 Å². The zero-order chi connectivity index (χ0) is 22.8. The van der Waals surface area contributed by atoms with Crippen LogP contribution in [0.1, 0.15) is 86.0 Å². The third kappa shape index (κ3) is 3.15. The molecule has 0 unspecified atom stereocenters. The Morgan fingerprint density at radius 3 is 2.45 bits per heavy atom. The van der Waals surface area contributed by atoms with Crippen molar-refractivity contribution in [1.82, 2.24) is 0 Å². The summed E-state index contributed by atoms with van der Waals surface area (Å²) in [6.45, 7) is 11.0. The number of rotatable bonds is 4. The predicted molar refractivity (Wildman–Crippen MR) is 122 cm³/mol. The van der Waals surface area contributed by atoms with Crippen molar-refractivity contribution in [2.75, 3.05) is 0 Å². The summed E-state index contributed by atoms with van der Waals surface area (Å²) in [6.07, 6.45) is 11.3. The van der Waals surface area contributed by atoms with Crippen molar-refractivity contribution in [2.24, 2.45) is 34.5 Å². The van der Waals surface area contributed by atoms with E-state index in [-0.39, 0.29) is 23.5 Å². The van der Waals surface area contributed by atoms with Gasteiger partial charge >= 0.3 is 0 Å². The van der Waals surface area contributed by atoms with E-state index in [4.69, 9.17) is 0 Å². The number of aliphatic hydroxyl groups is 3. The number of allylic oxidation sites excluding steroid dienone is 2. The molecule has 4 aliphatic carbocycles. The van der Waals surface area contributed by atoms with Gasteiger partial charge in [-0.3, -0.25) is 4.79 Å². The first kappa shape index (κ1) is 23.2. The average molecular weight is 431 g/mol. The molecule has 0 spiro atoms. The topological polar surface area (TPSA) is 77.8 Å². The van der Waals surface area contributed by atoms with Gasteiger partial charge in [-0.05, 0) is 85.7 Å². The van der Waals surface area contributed by atoms with Gasteiger partial charge in [-0.25, -0.2) is 0 Å². The summed E-state index contributed by atoms with van der Waals surface area (Å²) in [7, 11) is 0. The second-order valence-electron chi connectivity index (χ2n) is 12.1. The lowest BCUT2D eigenvalue weighted by atomic mass is 9.43. The average Bonchev–Trinajstić information content (AvgIpc) is 3.03. The molecule has 0 amide bonds. The lowest BCUT2D eigenvalue weighted by Gasteiger charge is -2.63. The number of aliphatic hydroxyl groups excluding tert-OH is 1. The van der Waals surface area contributed by atoms with E-state index in [9.17, 15) is 20.1 Å². The van der Waals surface area contributed by atoms with Gasteiger partial charge in [0.25, 0.3) is 0 Å². The van der Waals surface area contributed by atoms with Crippen LogP contribution in [0.3, 0.4) is 0 Å². The van der Waals surface area contributed by atoms with Crippen LogP contribution in [0.5, 0.6) is 0 Å². The maximum Gasteiger partial charge on any atom is 0.188 e. The number of ketones is 1. The molecule has 4 nitrogen and oxygen atoms in total. The highest BCUT2D eigenvalue weighted by Gasteiger charge is 2.71. The highest BCUT2D eigenvalue weighted by molar-refractivity contribution is 6.00. The van der Waals surface area contributed by atoms with E-state index < -0.39 is 22.7 Å². The van der Waals surface area contributed by atoms with Gasteiger partial charge < -0.3 is 15.3 Å². The zero-order valence-corrected chi connectivity index (χ0v) is 20.0. The monoisotopic (exact) mass is 430 g/mol. The number of carbonyl (C=O) groups is 1. The molecule has 0 saturated heterocycles. The maximum absolute atomic E-state index is 13.3. The van der Waals surface area contributed by atoms with Crippen LogP contribution in [-0.2, 0) is 4.79 Å². The molecule has 3 saturated carbocycles. The Hall–Kier alpha value is -0.970. The summed E-state index contributed by atoms with van der Waals surface area (Å²) < 4.78 is 0. The quantitative estimate of drug-likeness (QED) is 0.571. The van der Waals surface area contributed by atoms with Gasteiger partial charge in [0.2, 0.25) is 0 Å². The first-order chi connectivity index (χ1) is 14.4. The molecule has 31 heavy (non-hydrogen) atoms. The summed E-state index contributed by atoms with van der Waals surface area (Å²) in [5.41, 5.74) is -2.87. The maximum atomic E-state index is 13.3. The molecule has 3 fully saturated rings. The van der Waals surface area contributed by atoms with Crippen LogP contribution in [0.25, 0.3) is 0 Å². The van der Waals surface area contributed by atoms with Gasteiger partial charge in [0.15, 0.2) is 5.78 Å². The standard InChI is InChI=1S/C27H42O4/c1-17(2)7-6-8-18(3)20-9-10-21-22-15-23(29)27(31)16-19(28)11-12-25(27,5)26(22,30)14-13-24(20,21)4/h6,8,15,17-21,28,30-31H,7,9-14,16H2,1-5H3/b8-6+/t18-,19+,20-,21+,24-,25-,26-,27+/m1/s1. The van der Waals surface area contributed by atoms with E-state index in [0.29, 0.717) is 37.0 Å². The number of fused-ring (bicyclic) bond motifs is 5. The second kappa shape index (κ2) is 7.53. The van der Waals surface area contributed by atoms with Crippen molar-refractivity contribution < 1.29 is 20.1 Å². The third-order valence-corrected chi connectivity index (χ3v) is 10.00. The van der Waals surface area contributed by atoms with Crippen LogP contribution in [0, 0.1) is 34.5 Å². The summed E-state index contributed by atoms with van der Waals surface area (Å²) in [4.78, 5) is 13.3. The minimum atomic E-state index is -1.68. The summed E-state index contributed by atoms with van der Waals surface area (Å²) in [5, 5.41) is 33.8. The lowest BCUT2D eigenvalue weighted by Crippen LogP contribution is -2.71. The second-order valence-corrected chi connectivity index (χ2v) is 12.1. The largest absolute Gasteiger partial charge is 0.393 e. The number of hydrogen-bond acceptors (Lipinski definition) is 4. The van der Waals surface area contributed by atoms with Gasteiger partial charge in [-0.2, -0.15) is 0 Å². The molecule has 0 aromatic heterocycles. The molecule has 4 heteroatoms. The Balaban J connectivity index is 1.68. The molecule has 4 rings (SSSR count).